The summed E-state index contributed by atoms with van der Waals surface area (Å²) in [6.07, 6.45) is 13.5. The number of hydrogen-bond acceptors (Lipinski definition) is 1. The van der Waals surface area contributed by atoms with Crippen LogP contribution in [0.1, 0.15) is 63.1 Å². The molecule has 3 atom stereocenters. The molecule has 0 radical (unpaired) electrons. The number of benzene rings is 1. The molecule has 3 rings (SSSR count). The van der Waals surface area contributed by atoms with E-state index in [1.54, 1.807) is 0 Å². The van der Waals surface area contributed by atoms with Crippen LogP contribution in [0.25, 0.3) is 0 Å². The van der Waals surface area contributed by atoms with Crippen molar-refractivity contribution in [1.29, 1.82) is 0 Å². The predicted molar refractivity (Wildman–Crippen MR) is 114 cm³/mol. The summed E-state index contributed by atoms with van der Waals surface area (Å²) >= 11 is 0. The number of nitrogens with one attached hydrogen (secondary N) is 1. The van der Waals surface area contributed by atoms with Crippen molar-refractivity contribution in [2.45, 2.75) is 70.3 Å². The van der Waals surface area contributed by atoms with Crippen LogP contribution < -0.4 is 0 Å². The summed E-state index contributed by atoms with van der Waals surface area (Å²) in [6, 6.07) is 14.8. The number of H-pyrrole nitrogens is 1. The van der Waals surface area contributed by atoms with Gasteiger partial charge in [-0.3, -0.25) is 0 Å². The zero-order valence-corrected chi connectivity index (χ0v) is 16.8. The summed E-state index contributed by atoms with van der Waals surface area (Å²) < 4.78 is 0. The molecule has 0 spiro atoms. The van der Waals surface area contributed by atoms with Gasteiger partial charge in [0.05, 0.1) is 5.60 Å². The molecule has 1 saturated carbocycles. The highest BCUT2D eigenvalue weighted by Gasteiger charge is 2.57. The maximum atomic E-state index is 12.3. The van der Waals surface area contributed by atoms with E-state index >= 15 is 0 Å². The van der Waals surface area contributed by atoms with Crippen LogP contribution in [-0.4, -0.2) is 15.7 Å². The van der Waals surface area contributed by atoms with Crippen molar-refractivity contribution in [3.05, 3.63) is 72.6 Å². The molecule has 1 aromatic carbocycles. The Kier molecular flexibility index (Phi) is 6.59. The van der Waals surface area contributed by atoms with E-state index in [2.05, 4.69) is 54.9 Å². The molecule has 0 saturated heterocycles. The number of aliphatic hydroxyl groups is 1. The Bertz CT molecular complexity index is 692. The van der Waals surface area contributed by atoms with Gasteiger partial charge in [-0.2, -0.15) is 0 Å². The second-order valence-electron chi connectivity index (χ2n) is 8.45. The fraction of sp³-hybridized carbons (Fsp3) is 0.520. The maximum Gasteiger partial charge on any atom is 0.0792 e. The van der Waals surface area contributed by atoms with E-state index in [9.17, 15) is 5.11 Å². The Morgan fingerprint density at radius 3 is 2.67 bits per heavy atom. The first-order valence-electron chi connectivity index (χ1n) is 10.6. The molecular weight excluding hydrogens is 330 g/mol. The number of unbranched alkanes of at least 4 members (excludes halogenated alkanes) is 2. The molecule has 2 nitrogen and oxygen atoms in total. The van der Waals surface area contributed by atoms with Gasteiger partial charge in [0, 0.05) is 23.7 Å². The average Bonchev–Trinajstić information content (AvgIpc) is 3.26. The standard InChI is InChI=1S/C25H35NO/c1-3-5-9-16-24(15-4-2)17-14-22(19-21-11-7-6-8-12-21)25(24,27)20-23-13-10-18-26-23/h4,6-8,10-13,18,22,26-27H,2-3,5,9,14-17,19-20H2,1H3. The Hall–Kier alpha value is -1.80. The number of rotatable bonds is 10. The molecule has 1 aliphatic rings. The minimum atomic E-state index is -0.699. The lowest BCUT2D eigenvalue weighted by Crippen LogP contribution is -2.50. The van der Waals surface area contributed by atoms with Gasteiger partial charge in [-0.1, -0.05) is 62.6 Å². The molecule has 2 N–H and O–H groups in total. The molecule has 146 valence electrons. The third-order valence-electron chi connectivity index (χ3n) is 6.81. The van der Waals surface area contributed by atoms with Gasteiger partial charge in [0.25, 0.3) is 0 Å². The van der Waals surface area contributed by atoms with E-state index in [-0.39, 0.29) is 11.3 Å². The zero-order chi connectivity index (χ0) is 19.2. The first-order valence-corrected chi connectivity index (χ1v) is 10.6. The largest absolute Gasteiger partial charge is 0.389 e. The molecule has 1 aromatic heterocycles. The number of aromatic nitrogens is 1. The zero-order valence-electron chi connectivity index (χ0n) is 16.8. The maximum absolute atomic E-state index is 12.3. The van der Waals surface area contributed by atoms with Gasteiger partial charge in [0.2, 0.25) is 0 Å². The van der Waals surface area contributed by atoms with Crippen molar-refractivity contribution >= 4 is 0 Å². The van der Waals surface area contributed by atoms with E-state index in [0.717, 1.165) is 37.8 Å². The van der Waals surface area contributed by atoms with Crippen LogP contribution in [0, 0.1) is 11.3 Å². The fourth-order valence-corrected chi connectivity index (χ4v) is 5.32. The van der Waals surface area contributed by atoms with Gasteiger partial charge in [0.1, 0.15) is 0 Å². The van der Waals surface area contributed by atoms with Crippen LogP contribution in [-0.2, 0) is 12.8 Å². The normalized spacial score (nSPS) is 27.7. The molecule has 0 bridgehead atoms. The second kappa shape index (κ2) is 8.93. The third kappa shape index (κ3) is 4.21. The molecule has 27 heavy (non-hydrogen) atoms. The molecule has 0 aliphatic heterocycles. The monoisotopic (exact) mass is 365 g/mol. The SMILES string of the molecule is C=CCC1(CCCCC)CCC(Cc2ccccc2)C1(O)Cc1ccc[nH]1. The number of hydrogen-bond donors (Lipinski definition) is 2. The Balaban J connectivity index is 1.91. The van der Waals surface area contributed by atoms with Crippen molar-refractivity contribution in [2.75, 3.05) is 0 Å². The van der Waals surface area contributed by atoms with E-state index in [1.807, 2.05) is 18.3 Å². The third-order valence-corrected chi connectivity index (χ3v) is 6.81. The molecule has 0 amide bonds. The lowest BCUT2D eigenvalue weighted by molar-refractivity contribution is -0.0959. The van der Waals surface area contributed by atoms with Crippen LogP contribution in [0.3, 0.4) is 0 Å². The number of allylic oxidation sites excluding steroid dienone is 1. The van der Waals surface area contributed by atoms with Crippen molar-refractivity contribution in [3.63, 3.8) is 0 Å². The van der Waals surface area contributed by atoms with Crippen LogP contribution in [0.4, 0.5) is 0 Å². The summed E-state index contributed by atoms with van der Waals surface area (Å²) in [5.41, 5.74) is 1.71. The second-order valence-corrected chi connectivity index (χ2v) is 8.45. The lowest BCUT2D eigenvalue weighted by atomic mass is 9.64. The van der Waals surface area contributed by atoms with Crippen LogP contribution in [0.15, 0.2) is 61.3 Å². The summed E-state index contributed by atoms with van der Waals surface area (Å²) in [7, 11) is 0. The summed E-state index contributed by atoms with van der Waals surface area (Å²) in [6.45, 7) is 6.30. The van der Waals surface area contributed by atoms with E-state index in [1.165, 1.54) is 24.8 Å². The van der Waals surface area contributed by atoms with E-state index in [0.29, 0.717) is 6.42 Å². The van der Waals surface area contributed by atoms with Gasteiger partial charge in [-0.15, -0.1) is 6.58 Å². The first-order chi connectivity index (χ1) is 13.1. The Labute approximate surface area is 164 Å². The van der Waals surface area contributed by atoms with Gasteiger partial charge in [-0.05, 0) is 55.7 Å². The lowest BCUT2D eigenvalue weighted by Gasteiger charge is -2.45. The van der Waals surface area contributed by atoms with Crippen LogP contribution >= 0.6 is 0 Å². The Morgan fingerprint density at radius 2 is 2.00 bits per heavy atom. The van der Waals surface area contributed by atoms with Crippen LogP contribution in [0.2, 0.25) is 0 Å². The summed E-state index contributed by atoms with van der Waals surface area (Å²) in [5, 5.41) is 12.3. The molecule has 2 heteroatoms. The molecular formula is C25H35NO. The van der Waals surface area contributed by atoms with Crippen LogP contribution in [0.5, 0.6) is 0 Å². The molecule has 3 unspecified atom stereocenters. The highest BCUT2D eigenvalue weighted by molar-refractivity contribution is 5.21. The molecule has 1 heterocycles. The fourth-order valence-electron chi connectivity index (χ4n) is 5.32. The van der Waals surface area contributed by atoms with Crippen molar-refractivity contribution < 1.29 is 5.11 Å². The number of aromatic amines is 1. The van der Waals surface area contributed by atoms with Crippen molar-refractivity contribution in [2.24, 2.45) is 11.3 Å². The van der Waals surface area contributed by atoms with Gasteiger partial charge in [0.15, 0.2) is 0 Å². The average molecular weight is 366 g/mol. The topological polar surface area (TPSA) is 36.0 Å². The van der Waals surface area contributed by atoms with Crippen molar-refractivity contribution in [3.8, 4) is 0 Å². The minimum absolute atomic E-state index is 0.0610. The highest BCUT2D eigenvalue weighted by Crippen LogP contribution is 2.57. The van der Waals surface area contributed by atoms with E-state index < -0.39 is 5.60 Å². The smallest absolute Gasteiger partial charge is 0.0792 e. The molecule has 1 aliphatic carbocycles. The van der Waals surface area contributed by atoms with Gasteiger partial charge < -0.3 is 10.1 Å². The van der Waals surface area contributed by atoms with Gasteiger partial charge in [-0.25, -0.2) is 0 Å². The first kappa shape index (κ1) is 19.9. The van der Waals surface area contributed by atoms with Gasteiger partial charge >= 0.3 is 0 Å². The Morgan fingerprint density at radius 1 is 1.19 bits per heavy atom. The summed E-state index contributed by atoms with van der Waals surface area (Å²) in [4.78, 5) is 3.33. The predicted octanol–water partition coefficient (Wildman–Crippen LogP) is 6.08. The highest BCUT2D eigenvalue weighted by atomic mass is 16.3. The quantitative estimate of drug-likeness (QED) is 0.388. The van der Waals surface area contributed by atoms with E-state index in [4.69, 9.17) is 0 Å². The summed E-state index contributed by atoms with van der Waals surface area (Å²) in [5.74, 6) is 0.282. The molecule has 2 aromatic rings. The molecule has 1 fully saturated rings. The van der Waals surface area contributed by atoms with Crippen molar-refractivity contribution in [1.82, 2.24) is 4.98 Å². The minimum Gasteiger partial charge on any atom is -0.389 e.